The summed E-state index contributed by atoms with van der Waals surface area (Å²) in [5.41, 5.74) is 13.4. The minimum absolute atomic E-state index is 0.795. The average molecular weight is 1020 g/mol. The first-order valence-corrected chi connectivity index (χ1v) is 36.8. The Morgan fingerprint density at radius 3 is 1.29 bits per heavy atom. The third-order valence-electron chi connectivity index (χ3n) is 12.1. The van der Waals surface area contributed by atoms with Crippen LogP contribution in [-0.2, 0) is 20.8 Å². The van der Waals surface area contributed by atoms with Crippen LogP contribution in [0.15, 0.2) is 212 Å². The fourth-order valence-electron chi connectivity index (χ4n) is 9.00. The first kappa shape index (κ1) is 47.6. The van der Waals surface area contributed by atoms with Crippen LogP contribution in [-0.4, -0.2) is 25.7 Å². The van der Waals surface area contributed by atoms with Gasteiger partial charge in [-0.25, -0.2) is 0 Å². The third kappa shape index (κ3) is 10.9. The molecule has 0 aliphatic carbocycles. The minimum Gasteiger partial charge on any atom is -0.184 e. The molecule has 10 aromatic carbocycles. The molecule has 0 bridgehead atoms. The quantitative estimate of drug-likeness (QED) is 0.115. The molecular formula is C60H53Cl2Si3Zr-3. The van der Waals surface area contributed by atoms with Crippen LogP contribution in [0.4, 0.5) is 0 Å². The SMILES string of the molecule is C[Si](C)(C)c1ccccc1-c1cccc2[cH-]c(-c3ccccc3)cc12.C[Si](C)(C)c1ccccc1-c1cccc2[cH-]c(-c3ccccc3)cc12.[Cl][Zr][Cl].[c-]1cccc2c1[Si]c1ccccc1-2. The summed E-state index contributed by atoms with van der Waals surface area (Å²) in [6.45, 7) is 14.5. The standard InChI is InChI=1S/2C24H23Si.C12H7Si.2ClH.Zr/c2*1-25(2,3)24-15-8-7-13-22(24)21-14-9-12-19-16-20(17-23(19)21)18-10-5-4-6-11-18;1-3-7-11-9(5-1)10-6-2-4-8-12(10)13-11;;;/h2*4-17H,1-3H3;1-7H;2*1H;/q3*-1;;;+2/p-2. The Labute approximate surface area is 415 Å². The van der Waals surface area contributed by atoms with Gasteiger partial charge in [-0.1, -0.05) is 240 Å². The van der Waals surface area contributed by atoms with Crippen LogP contribution in [0.25, 0.3) is 77.2 Å². The van der Waals surface area contributed by atoms with E-state index < -0.39 is 37.0 Å². The number of hydrogen-bond acceptors (Lipinski definition) is 0. The zero-order valence-electron chi connectivity index (χ0n) is 38.5. The summed E-state index contributed by atoms with van der Waals surface area (Å²) in [6, 6.07) is 80.1. The van der Waals surface area contributed by atoms with Crippen molar-refractivity contribution in [3.8, 4) is 55.6 Å². The normalized spacial score (nSPS) is 11.6. The number of rotatable bonds is 6. The van der Waals surface area contributed by atoms with Crippen LogP contribution in [0.1, 0.15) is 0 Å². The molecule has 1 aliphatic rings. The summed E-state index contributed by atoms with van der Waals surface area (Å²) >= 11 is -0.826. The molecule has 2 radical (unpaired) electrons. The average Bonchev–Trinajstić information content (AvgIpc) is 4.08. The van der Waals surface area contributed by atoms with Gasteiger partial charge < -0.3 is 0 Å². The first-order valence-electron chi connectivity index (χ1n) is 22.5. The second kappa shape index (κ2) is 21.4. The molecule has 326 valence electrons. The van der Waals surface area contributed by atoms with Crippen molar-refractivity contribution >= 4 is 85.0 Å². The Morgan fingerprint density at radius 1 is 0.424 bits per heavy atom. The first-order chi connectivity index (χ1) is 31.9. The topological polar surface area (TPSA) is 0 Å². The van der Waals surface area contributed by atoms with Crippen molar-refractivity contribution in [2.45, 2.75) is 39.3 Å². The van der Waals surface area contributed by atoms with E-state index >= 15 is 0 Å². The third-order valence-corrected chi connectivity index (χ3v) is 17.6. The van der Waals surface area contributed by atoms with Crippen LogP contribution in [0.3, 0.4) is 0 Å². The molecule has 0 saturated heterocycles. The zero-order chi connectivity index (χ0) is 46.3. The number of benzene rings is 8. The summed E-state index contributed by atoms with van der Waals surface area (Å²) in [5, 5.41) is 11.2. The van der Waals surface area contributed by atoms with E-state index in [1.54, 1.807) is 0 Å². The minimum atomic E-state index is -1.41. The molecular weight excluding hydrogens is 967 g/mol. The van der Waals surface area contributed by atoms with E-state index in [2.05, 4.69) is 252 Å². The van der Waals surface area contributed by atoms with Crippen LogP contribution in [0, 0.1) is 6.07 Å². The van der Waals surface area contributed by atoms with Gasteiger partial charge in [-0.3, -0.25) is 0 Å². The predicted molar refractivity (Wildman–Crippen MR) is 294 cm³/mol. The molecule has 1 aliphatic heterocycles. The van der Waals surface area contributed by atoms with Crippen molar-refractivity contribution in [1.82, 2.24) is 0 Å². The van der Waals surface area contributed by atoms with Gasteiger partial charge in [-0.15, -0.1) is 74.6 Å². The summed E-state index contributed by atoms with van der Waals surface area (Å²) in [6.07, 6.45) is 0. The molecule has 10 aromatic rings. The largest absolute Gasteiger partial charge is 0.184 e. The molecule has 6 heteroatoms. The molecule has 0 unspecified atom stereocenters. The Bertz CT molecular complexity index is 2980. The van der Waals surface area contributed by atoms with E-state index in [9.17, 15) is 0 Å². The molecule has 0 N–H and O–H groups in total. The molecule has 66 heavy (non-hydrogen) atoms. The van der Waals surface area contributed by atoms with E-state index in [1.165, 1.54) is 97.9 Å². The van der Waals surface area contributed by atoms with Gasteiger partial charge in [-0.05, 0) is 11.1 Å². The fourth-order valence-corrected chi connectivity index (χ4v) is 13.6. The molecule has 0 aromatic heterocycles. The van der Waals surface area contributed by atoms with E-state index in [0.29, 0.717) is 0 Å². The van der Waals surface area contributed by atoms with Crippen LogP contribution in [0.5, 0.6) is 0 Å². The van der Waals surface area contributed by atoms with E-state index in [1.807, 2.05) is 6.07 Å². The maximum atomic E-state index is 4.93. The molecule has 11 rings (SSSR count). The van der Waals surface area contributed by atoms with Crippen molar-refractivity contribution in [1.29, 1.82) is 0 Å². The van der Waals surface area contributed by atoms with E-state index in [4.69, 9.17) is 17.0 Å². The molecule has 0 atom stereocenters. The maximum Gasteiger partial charge on any atom is 0.0920 e. The molecule has 0 saturated carbocycles. The Kier molecular flexibility index (Phi) is 15.4. The maximum absolute atomic E-state index is 4.93. The summed E-state index contributed by atoms with van der Waals surface area (Å²) in [5.74, 6) is 0. The van der Waals surface area contributed by atoms with Crippen molar-refractivity contribution in [2.24, 2.45) is 0 Å². The van der Waals surface area contributed by atoms with Crippen molar-refractivity contribution in [2.75, 3.05) is 0 Å². The zero-order valence-corrected chi connectivity index (χ0v) is 45.4. The molecule has 0 spiro atoms. The molecule has 0 fully saturated rings. The van der Waals surface area contributed by atoms with Gasteiger partial charge in [0, 0.05) is 0 Å². The van der Waals surface area contributed by atoms with Crippen molar-refractivity contribution < 1.29 is 20.8 Å². The molecule has 1 heterocycles. The van der Waals surface area contributed by atoms with Gasteiger partial charge in [0.2, 0.25) is 0 Å². The number of halogens is 2. The van der Waals surface area contributed by atoms with Gasteiger partial charge in [0.15, 0.2) is 0 Å². The molecule has 0 nitrogen and oxygen atoms in total. The Balaban J connectivity index is 0.000000136. The van der Waals surface area contributed by atoms with E-state index in [0.717, 1.165) is 9.52 Å². The second-order valence-corrected chi connectivity index (χ2v) is 33.7. The Hall–Kier alpha value is -4.91. The number of hydrogen-bond donors (Lipinski definition) is 0. The number of fused-ring (bicyclic) bond motifs is 5. The van der Waals surface area contributed by atoms with Gasteiger partial charge in [0.05, 0.1) is 25.7 Å². The van der Waals surface area contributed by atoms with Crippen molar-refractivity contribution in [3.63, 3.8) is 0 Å². The van der Waals surface area contributed by atoms with Crippen LogP contribution < -0.4 is 20.7 Å². The molecule has 0 amide bonds. The van der Waals surface area contributed by atoms with Gasteiger partial charge >= 0.3 is 37.9 Å². The van der Waals surface area contributed by atoms with Gasteiger partial charge in [0.1, 0.15) is 0 Å². The summed E-state index contributed by atoms with van der Waals surface area (Å²) in [4.78, 5) is 0. The van der Waals surface area contributed by atoms with Gasteiger partial charge in [-0.2, -0.15) is 29.5 Å². The predicted octanol–water partition coefficient (Wildman–Crippen LogP) is 15.4. The second-order valence-electron chi connectivity index (χ2n) is 18.6. The smallest absolute Gasteiger partial charge is 0.0920 e. The van der Waals surface area contributed by atoms with Crippen LogP contribution in [0.2, 0.25) is 39.3 Å². The monoisotopic (exact) mass is 1020 g/mol. The summed E-state index contributed by atoms with van der Waals surface area (Å²) < 4.78 is 0. The Morgan fingerprint density at radius 2 is 0.818 bits per heavy atom. The van der Waals surface area contributed by atoms with Gasteiger partial charge in [0.25, 0.3) is 0 Å². The van der Waals surface area contributed by atoms with E-state index in [-0.39, 0.29) is 0 Å². The summed E-state index contributed by atoms with van der Waals surface area (Å²) in [7, 11) is 7.85. The van der Waals surface area contributed by atoms with Crippen molar-refractivity contribution in [3.05, 3.63) is 218 Å². The fraction of sp³-hybridized carbons (Fsp3) is 0.100. The van der Waals surface area contributed by atoms with Crippen LogP contribution >= 0.6 is 17.0 Å².